The zero-order valence-corrected chi connectivity index (χ0v) is 14.1. The minimum Gasteiger partial charge on any atom is -0.383 e. The number of hydrogen-bond donors (Lipinski definition) is 2. The standard InChI is InChI=1S/C20H22FN3O/c21-16-7-4-8-17(13-16)24-20(25)19-10-9-18(14-23-19)22-12-11-15-5-2-1-3-6-15/h4-5,7-10,13-14,22H,1-3,6,11-12H2,(H,24,25). The molecule has 1 amide bonds. The van der Waals surface area contributed by atoms with E-state index in [1.807, 2.05) is 6.07 Å². The summed E-state index contributed by atoms with van der Waals surface area (Å²) in [5, 5.41) is 5.97. The molecule has 1 aromatic carbocycles. The minimum atomic E-state index is -0.390. The average molecular weight is 339 g/mol. The number of allylic oxidation sites excluding steroid dienone is 1. The maximum atomic E-state index is 13.1. The van der Waals surface area contributed by atoms with Crippen molar-refractivity contribution in [2.75, 3.05) is 17.2 Å². The van der Waals surface area contributed by atoms with Gasteiger partial charge in [-0.3, -0.25) is 4.79 Å². The summed E-state index contributed by atoms with van der Waals surface area (Å²) < 4.78 is 13.1. The Morgan fingerprint density at radius 1 is 1.16 bits per heavy atom. The highest BCUT2D eigenvalue weighted by Gasteiger charge is 2.08. The molecule has 0 bridgehead atoms. The van der Waals surface area contributed by atoms with Crippen molar-refractivity contribution in [3.05, 3.63) is 65.8 Å². The molecular formula is C20H22FN3O. The van der Waals surface area contributed by atoms with Gasteiger partial charge in [0.15, 0.2) is 0 Å². The molecule has 0 fully saturated rings. The summed E-state index contributed by atoms with van der Waals surface area (Å²) in [6.45, 7) is 0.863. The van der Waals surface area contributed by atoms with E-state index >= 15 is 0 Å². The van der Waals surface area contributed by atoms with E-state index < -0.39 is 5.82 Å². The number of rotatable bonds is 6. The van der Waals surface area contributed by atoms with Crippen LogP contribution in [0, 0.1) is 5.82 Å². The Morgan fingerprint density at radius 3 is 2.80 bits per heavy atom. The molecule has 0 atom stereocenters. The molecule has 1 aliphatic rings. The number of nitrogens with zero attached hydrogens (tertiary/aromatic N) is 1. The number of nitrogens with one attached hydrogen (secondary N) is 2. The van der Waals surface area contributed by atoms with Crippen molar-refractivity contribution in [2.45, 2.75) is 32.1 Å². The summed E-state index contributed by atoms with van der Waals surface area (Å²) in [6, 6.07) is 9.29. The topological polar surface area (TPSA) is 54.0 Å². The number of halogens is 1. The zero-order valence-electron chi connectivity index (χ0n) is 14.1. The van der Waals surface area contributed by atoms with Crippen LogP contribution in [0.2, 0.25) is 0 Å². The number of aromatic nitrogens is 1. The molecule has 0 saturated carbocycles. The van der Waals surface area contributed by atoms with Crippen molar-refractivity contribution in [3.8, 4) is 0 Å². The molecule has 130 valence electrons. The van der Waals surface area contributed by atoms with Gasteiger partial charge >= 0.3 is 0 Å². The van der Waals surface area contributed by atoms with Gasteiger partial charge < -0.3 is 10.6 Å². The zero-order chi connectivity index (χ0) is 17.5. The lowest BCUT2D eigenvalue weighted by atomic mass is 9.97. The van der Waals surface area contributed by atoms with Crippen LogP contribution in [0.5, 0.6) is 0 Å². The van der Waals surface area contributed by atoms with E-state index in [-0.39, 0.29) is 5.91 Å². The monoisotopic (exact) mass is 339 g/mol. The predicted molar refractivity (Wildman–Crippen MR) is 98.2 cm³/mol. The second kappa shape index (κ2) is 8.42. The molecule has 5 heteroatoms. The maximum Gasteiger partial charge on any atom is 0.274 e. The Balaban J connectivity index is 1.51. The summed E-state index contributed by atoms with van der Waals surface area (Å²) >= 11 is 0. The summed E-state index contributed by atoms with van der Waals surface area (Å²) in [5.74, 6) is -0.747. The van der Waals surface area contributed by atoms with Crippen molar-refractivity contribution < 1.29 is 9.18 Å². The molecule has 1 heterocycles. The largest absolute Gasteiger partial charge is 0.383 e. The van der Waals surface area contributed by atoms with E-state index in [4.69, 9.17) is 0 Å². The van der Waals surface area contributed by atoms with Crippen molar-refractivity contribution >= 4 is 17.3 Å². The molecule has 0 unspecified atom stereocenters. The fraction of sp³-hybridized carbons (Fsp3) is 0.300. The SMILES string of the molecule is O=C(Nc1cccc(F)c1)c1ccc(NCCC2=CCCCC2)cn1. The number of pyridine rings is 1. The first-order valence-corrected chi connectivity index (χ1v) is 8.65. The van der Waals surface area contributed by atoms with E-state index in [1.54, 1.807) is 24.4 Å². The van der Waals surface area contributed by atoms with Gasteiger partial charge in [0.25, 0.3) is 5.91 Å². The van der Waals surface area contributed by atoms with Gasteiger partial charge in [0.05, 0.1) is 11.9 Å². The van der Waals surface area contributed by atoms with Crippen LogP contribution in [0.3, 0.4) is 0 Å². The molecule has 1 aromatic heterocycles. The molecule has 3 rings (SSSR count). The molecule has 2 aromatic rings. The van der Waals surface area contributed by atoms with Crippen molar-refractivity contribution in [1.29, 1.82) is 0 Å². The Morgan fingerprint density at radius 2 is 2.08 bits per heavy atom. The van der Waals surface area contributed by atoms with Gasteiger partial charge in [-0.1, -0.05) is 17.7 Å². The number of benzene rings is 1. The second-order valence-corrected chi connectivity index (χ2v) is 6.18. The molecule has 0 aliphatic heterocycles. The van der Waals surface area contributed by atoms with Crippen LogP contribution in [-0.4, -0.2) is 17.4 Å². The Labute approximate surface area is 147 Å². The average Bonchev–Trinajstić information content (AvgIpc) is 2.63. The molecule has 25 heavy (non-hydrogen) atoms. The fourth-order valence-electron chi connectivity index (χ4n) is 2.89. The van der Waals surface area contributed by atoms with E-state index in [9.17, 15) is 9.18 Å². The van der Waals surface area contributed by atoms with Gasteiger partial charge in [-0.05, 0) is 62.4 Å². The first-order valence-electron chi connectivity index (χ1n) is 8.65. The first-order chi connectivity index (χ1) is 12.2. The Kier molecular flexibility index (Phi) is 5.77. The third-order valence-electron chi connectivity index (χ3n) is 4.24. The van der Waals surface area contributed by atoms with Gasteiger partial charge in [-0.2, -0.15) is 0 Å². The van der Waals surface area contributed by atoms with Gasteiger partial charge in [0, 0.05) is 12.2 Å². The number of anilines is 2. The highest BCUT2D eigenvalue weighted by molar-refractivity contribution is 6.02. The lowest BCUT2D eigenvalue weighted by molar-refractivity contribution is 0.102. The summed E-state index contributed by atoms with van der Waals surface area (Å²) in [6.07, 6.45) is 10.1. The van der Waals surface area contributed by atoms with Crippen LogP contribution in [0.25, 0.3) is 0 Å². The normalized spacial score (nSPS) is 13.9. The number of hydrogen-bond acceptors (Lipinski definition) is 3. The lowest BCUT2D eigenvalue weighted by Crippen LogP contribution is -2.14. The lowest BCUT2D eigenvalue weighted by Gasteiger charge is -2.13. The van der Waals surface area contributed by atoms with Gasteiger partial charge in [-0.15, -0.1) is 0 Å². The van der Waals surface area contributed by atoms with Crippen LogP contribution >= 0.6 is 0 Å². The Bertz CT molecular complexity index is 756. The molecule has 1 aliphatic carbocycles. The van der Waals surface area contributed by atoms with Crippen molar-refractivity contribution in [3.63, 3.8) is 0 Å². The highest BCUT2D eigenvalue weighted by atomic mass is 19.1. The molecule has 4 nitrogen and oxygen atoms in total. The van der Waals surface area contributed by atoms with Gasteiger partial charge in [0.2, 0.25) is 0 Å². The first kappa shape index (κ1) is 17.1. The summed E-state index contributed by atoms with van der Waals surface area (Å²) in [4.78, 5) is 16.3. The number of carbonyl (C=O) groups is 1. The van der Waals surface area contributed by atoms with Crippen molar-refractivity contribution in [2.24, 2.45) is 0 Å². The van der Waals surface area contributed by atoms with E-state index in [2.05, 4.69) is 21.7 Å². The molecular weight excluding hydrogens is 317 g/mol. The van der Waals surface area contributed by atoms with Crippen LogP contribution in [-0.2, 0) is 0 Å². The van der Waals surface area contributed by atoms with Crippen LogP contribution < -0.4 is 10.6 Å². The van der Waals surface area contributed by atoms with Crippen LogP contribution in [0.1, 0.15) is 42.6 Å². The molecule has 2 N–H and O–H groups in total. The van der Waals surface area contributed by atoms with Crippen molar-refractivity contribution in [1.82, 2.24) is 4.98 Å². The van der Waals surface area contributed by atoms with Gasteiger partial charge in [-0.25, -0.2) is 9.37 Å². The Hall–Kier alpha value is -2.69. The number of amides is 1. The second-order valence-electron chi connectivity index (χ2n) is 6.18. The third-order valence-corrected chi connectivity index (χ3v) is 4.24. The fourth-order valence-corrected chi connectivity index (χ4v) is 2.89. The summed E-state index contributed by atoms with van der Waals surface area (Å²) in [5.41, 5.74) is 3.12. The van der Waals surface area contributed by atoms with E-state index in [1.165, 1.54) is 43.4 Å². The van der Waals surface area contributed by atoms with Crippen LogP contribution in [0.15, 0.2) is 54.2 Å². The molecule has 0 saturated heterocycles. The molecule has 0 radical (unpaired) electrons. The summed E-state index contributed by atoms with van der Waals surface area (Å²) in [7, 11) is 0. The van der Waals surface area contributed by atoms with E-state index in [0.29, 0.717) is 11.4 Å². The maximum absolute atomic E-state index is 13.1. The minimum absolute atomic E-state index is 0.296. The van der Waals surface area contributed by atoms with E-state index in [0.717, 1.165) is 18.7 Å². The number of carbonyl (C=O) groups excluding carboxylic acids is 1. The van der Waals surface area contributed by atoms with Crippen LogP contribution in [0.4, 0.5) is 15.8 Å². The smallest absolute Gasteiger partial charge is 0.274 e. The molecule has 0 spiro atoms. The third kappa shape index (κ3) is 5.14. The highest BCUT2D eigenvalue weighted by Crippen LogP contribution is 2.20. The van der Waals surface area contributed by atoms with Gasteiger partial charge in [0.1, 0.15) is 11.5 Å². The quantitative estimate of drug-likeness (QED) is 0.745. The predicted octanol–water partition coefficient (Wildman–Crippen LogP) is 4.78.